The van der Waals surface area contributed by atoms with Gasteiger partial charge >= 0.3 is 0 Å². The van der Waals surface area contributed by atoms with Crippen LogP contribution < -0.4 is 5.32 Å². The van der Waals surface area contributed by atoms with Crippen LogP contribution in [-0.2, 0) is 0 Å². The van der Waals surface area contributed by atoms with Crippen molar-refractivity contribution < 1.29 is 0 Å². The summed E-state index contributed by atoms with van der Waals surface area (Å²) in [7, 11) is 0. The van der Waals surface area contributed by atoms with E-state index >= 15 is 0 Å². The molecule has 2 aromatic rings. The van der Waals surface area contributed by atoms with E-state index in [0.29, 0.717) is 16.5 Å². The van der Waals surface area contributed by atoms with Crippen molar-refractivity contribution in [1.29, 1.82) is 5.26 Å². The van der Waals surface area contributed by atoms with Crippen molar-refractivity contribution in [2.24, 2.45) is 0 Å². The molecular weight excluding hydrogens is 224 g/mol. The molecule has 5 heteroatoms. The lowest BCUT2D eigenvalue weighted by atomic mass is 10.3. The predicted octanol–water partition coefficient (Wildman–Crippen LogP) is 2.75. The smallest absolute Gasteiger partial charge is 0.145 e. The molecule has 0 radical (unpaired) electrons. The van der Waals surface area contributed by atoms with Crippen molar-refractivity contribution >= 4 is 23.1 Å². The van der Waals surface area contributed by atoms with Crippen LogP contribution >= 0.6 is 11.6 Å². The van der Waals surface area contributed by atoms with E-state index in [2.05, 4.69) is 15.3 Å². The Kier molecular flexibility index (Phi) is 2.99. The summed E-state index contributed by atoms with van der Waals surface area (Å²) in [5, 5.41) is 12.4. The molecule has 16 heavy (non-hydrogen) atoms. The van der Waals surface area contributed by atoms with Gasteiger partial charge < -0.3 is 5.32 Å². The number of nitriles is 1. The van der Waals surface area contributed by atoms with Crippen molar-refractivity contribution in [3.63, 3.8) is 0 Å². The topological polar surface area (TPSA) is 61.6 Å². The Morgan fingerprint density at radius 3 is 2.62 bits per heavy atom. The van der Waals surface area contributed by atoms with Crippen LogP contribution in [0.15, 0.2) is 36.7 Å². The number of anilines is 2. The Morgan fingerprint density at radius 2 is 1.94 bits per heavy atom. The number of hydrogen-bond donors (Lipinski definition) is 1. The number of aromatic nitrogens is 2. The van der Waals surface area contributed by atoms with E-state index in [1.807, 2.05) is 18.2 Å². The molecule has 1 aromatic carbocycles. The van der Waals surface area contributed by atoms with Crippen LogP contribution in [0.25, 0.3) is 0 Å². The minimum atomic E-state index is 0.325. The molecule has 1 heterocycles. The Hall–Kier alpha value is -2.12. The molecule has 4 nitrogen and oxygen atoms in total. The van der Waals surface area contributed by atoms with Gasteiger partial charge in [-0.25, -0.2) is 9.97 Å². The molecule has 0 fully saturated rings. The van der Waals surface area contributed by atoms with Gasteiger partial charge in [0.15, 0.2) is 0 Å². The Balaban J connectivity index is 2.21. The monoisotopic (exact) mass is 230 g/mol. The first kappa shape index (κ1) is 10.4. The number of rotatable bonds is 2. The Labute approximate surface area is 97.5 Å². The highest BCUT2D eigenvalue weighted by Crippen LogP contribution is 2.17. The first-order valence-electron chi connectivity index (χ1n) is 4.52. The molecule has 1 aromatic heterocycles. The fourth-order valence-corrected chi connectivity index (χ4v) is 1.29. The highest BCUT2D eigenvalue weighted by Gasteiger charge is 1.98. The van der Waals surface area contributed by atoms with E-state index in [1.165, 1.54) is 6.33 Å². The summed E-state index contributed by atoms with van der Waals surface area (Å²) >= 11 is 5.77. The van der Waals surface area contributed by atoms with Gasteiger partial charge in [0.1, 0.15) is 23.9 Å². The molecule has 0 atom stereocenters. The van der Waals surface area contributed by atoms with Gasteiger partial charge in [0, 0.05) is 16.8 Å². The second kappa shape index (κ2) is 4.60. The predicted molar refractivity (Wildman–Crippen MR) is 61.5 cm³/mol. The standard InChI is InChI=1S/C11H7ClN4/c12-8-1-3-9(4-2-8)16-11-5-10(6-13)14-7-15-11/h1-5,7H,(H,14,15,16). The second-order valence-corrected chi connectivity index (χ2v) is 3.47. The third kappa shape index (κ3) is 2.47. The maximum atomic E-state index is 8.68. The van der Waals surface area contributed by atoms with E-state index < -0.39 is 0 Å². The largest absolute Gasteiger partial charge is 0.340 e. The summed E-state index contributed by atoms with van der Waals surface area (Å²) in [5.41, 5.74) is 1.18. The normalized spacial score (nSPS) is 9.50. The zero-order chi connectivity index (χ0) is 11.4. The molecule has 0 unspecified atom stereocenters. The van der Waals surface area contributed by atoms with Gasteiger partial charge in [-0.05, 0) is 24.3 Å². The van der Waals surface area contributed by atoms with Crippen LogP contribution in [0.5, 0.6) is 0 Å². The van der Waals surface area contributed by atoms with Crippen molar-refractivity contribution in [2.45, 2.75) is 0 Å². The maximum absolute atomic E-state index is 8.68. The third-order valence-electron chi connectivity index (χ3n) is 1.90. The minimum absolute atomic E-state index is 0.325. The van der Waals surface area contributed by atoms with Gasteiger partial charge in [-0.3, -0.25) is 0 Å². The molecule has 0 bridgehead atoms. The van der Waals surface area contributed by atoms with Crippen LogP contribution in [0.4, 0.5) is 11.5 Å². The quantitative estimate of drug-likeness (QED) is 0.862. The summed E-state index contributed by atoms with van der Waals surface area (Å²) in [5.74, 6) is 0.578. The highest BCUT2D eigenvalue weighted by molar-refractivity contribution is 6.30. The van der Waals surface area contributed by atoms with Crippen molar-refractivity contribution in [3.05, 3.63) is 47.4 Å². The zero-order valence-corrected chi connectivity index (χ0v) is 8.94. The molecule has 0 spiro atoms. The minimum Gasteiger partial charge on any atom is -0.340 e. The summed E-state index contributed by atoms with van der Waals surface area (Å²) in [6.45, 7) is 0. The molecule has 0 aliphatic carbocycles. The van der Waals surface area contributed by atoms with E-state index in [9.17, 15) is 0 Å². The van der Waals surface area contributed by atoms with Gasteiger partial charge in [-0.2, -0.15) is 5.26 Å². The fourth-order valence-electron chi connectivity index (χ4n) is 1.17. The summed E-state index contributed by atoms with van der Waals surface area (Å²) in [6.07, 6.45) is 1.34. The first-order valence-corrected chi connectivity index (χ1v) is 4.90. The number of hydrogen-bond acceptors (Lipinski definition) is 4. The molecule has 0 aliphatic rings. The van der Waals surface area contributed by atoms with E-state index in [-0.39, 0.29) is 0 Å². The van der Waals surface area contributed by atoms with Crippen LogP contribution in [0, 0.1) is 11.3 Å². The Bertz CT molecular complexity index is 530. The lowest BCUT2D eigenvalue weighted by molar-refractivity contribution is 1.14. The first-order chi connectivity index (χ1) is 7.78. The van der Waals surface area contributed by atoms with Crippen LogP contribution in [-0.4, -0.2) is 9.97 Å². The fraction of sp³-hybridized carbons (Fsp3) is 0. The van der Waals surface area contributed by atoms with Crippen molar-refractivity contribution in [1.82, 2.24) is 9.97 Å². The maximum Gasteiger partial charge on any atom is 0.145 e. The lowest BCUT2D eigenvalue weighted by Crippen LogP contribution is -1.95. The molecule has 2 rings (SSSR count). The molecule has 0 saturated carbocycles. The number of halogens is 1. The SMILES string of the molecule is N#Cc1cc(Nc2ccc(Cl)cc2)ncn1. The van der Waals surface area contributed by atoms with Gasteiger partial charge in [-0.15, -0.1) is 0 Å². The molecule has 1 N–H and O–H groups in total. The summed E-state index contributed by atoms with van der Waals surface area (Å²) in [6, 6.07) is 10.7. The van der Waals surface area contributed by atoms with Gasteiger partial charge in [0.05, 0.1) is 0 Å². The number of nitrogens with one attached hydrogen (secondary N) is 1. The molecule has 78 valence electrons. The van der Waals surface area contributed by atoms with Crippen LogP contribution in [0.1, 0.15) is 5.69 Å². The highest BCUT2D eigenvalue weighted by atomic mass is 35.5. The molecular formula is C11H7ClN4. The van der Waals surface area contributed by atoms with Gasteiger partial charge in [-0.1, -0.05) is 11.6 Å². The molecule has 0 amide bonds. The van der Waals surface area contributed by atoms with E-state index in [4.69, 9.17) is 16.9 Å². The van der Waals surface area contributed by atoms with Gasteiger partial charge in [0.2, 0.25) is 0 Å². The zero-order valence-electron chi connectivity index (χ0n) is 8.18. The van der Waals surface area contributed by atoms with Crippen molar-refractivity contribution in [2.75, 3.05) is 5.32 Å². The van der Waals surface area contributed by atoms with Gasteiger partial charge in [0.25, 0.3) is 0 Å². The molecule has 0 aliphatic heterocycles. The second-order valence-electron chi connectivity index (χ2n) is 3.03. The van der Waals surface area contributed by atoms with Crippen LogP contribution in [0.2, 0.25) is 5.02 Å². The number of benzene rings is 1. The Morgan fingerprint density at radius 1 is 1.19 bits per heavy atom. The van der Waals surface area contributed by atoms with E-state index in [1.54, 1.807) is 18.2 Å². The summed E-state index contributed by atoms with van der Waals surface area (Å²) < 4.78 is 0. The number of nitrogens with zero attached hydrogens (tertiary/aromatic N) is 3. The average molecular weight is 231 g/mol. The lowest BCUT2D eigenvalue weighted by Gasteiger charge is -2.04. The van der Waals surface area contributed by atoms with E-state index in [0.717, 1.165) is 5.69 Å². The molecule has 0 saturated heterocycles. The third-order valence-corrected chi connectivity index (χ3v) is 2.15. The average Bonchev–Trinajstić information content (AvgIpc) is 2.32. The van der Waals surface area contributed by atoms with Crippen molar-refractivity contribution in [3.8, 4) is 6.07 Å². The van der Waals surface area contributed by atoms with Crippen LogP contribution in [0.3, 0.4) is 0 Å². The summed E-state index contributed by atoms with van der Waals surface area (Å²) in [4.78, 5) is 7.78.